The van der Waals surface area contributed by atoms with Crippen molar-refractivity contribution in [2.45, 2.75) is 32.7 Å². The lowest BCUT2D eigenvalue weighted by Crippen LogP contribution is -2.19. The van der Waals surface area contributed by atoms with E-state index in [2.05, 4.69) is 21.8 Å². The first-order chi connectivity index (χ1) is 7.79. The molecule has 0 saturated heterocycles. The molecular formula is C12H21N3O. The van der Waals surface area contributed by atoms with Gasteiger partial charge in [-0.1, -0.05) is 0 Å². The number of hydrogen-bond donors (Lipinski definition) is 1. The van der Waals surface area contributed by atoms with Gasteiger partial charge in [-0.25, -0.2) is 4.98 Å². The molecule has 0 aliphatic heterocycles. The molecule has 0 bridgehead atoms. The van der Waals surface area contributed by atoms with Gasteiger partial charge in [-0.15, -0.1) is 0 Å². The number of aryl methyl sites for hydroxylation is 1. The van der Waals surface area contributed by atoms with E-state index in [0.29, 0.717) is 5.41 Å². The van der Waals surface area contributed by atoms with Gasteiger partial charge in [0.2, 0.25) is 5.95 Å². The highest BCUT2D eigenvalue weighted by Crippen LogP contribution is 2.48. The molecule has 1 aromatic rings. The van der Waals surface area contributed by atoms with Crippen molar-refractivity contribution in [2.24, 2.45) is 5.41 Å². The monoisotopic (exact) mass is 223 g/mol. The summed E-state index contributed by atoms with van der Waals surface area (Å²) in [7, 11) is 1.77. The smallest absolute Gasteiger partial charge is 0.202 e. The number of anilines is 1. The molecule has 1 fully saturated rings. The number of rotatable bonds is 7. The average molecular weight is 223 g/mol. The van der Waals surface area contributed by atoms with Crippen LogP contribution in [0.5, 0.6) is 0 Å². The number of ether oxygens (including phenoxy) is 1. The van der Waals surface area contributed by atoms with E-state index in [1.165, 1.54) is 12.8 Å². The Bertz CT molecular complexity index is 331. The maximum absolute atomic E-state index is 5.15. The summed E-state index contributed by atoms with van der Waals surface area (Å²) in [5.41, 5.74) is 0.473. The quantitative estimate of drug-likeness (QED) is 0.769. The maximum Gasteiger partial charge on any atom is 0.202 e. The van der Waals surface area contributed by atoms with Gasteiger partial charge in [-0.2, -0.15) is 0 Å². The van der Waals surface area contributed by atoms with Gasteiger partial charge in [0.15, 0.2) is 0 Å². The minimum absolute atomic E-state index is 0.473. The summed E-state index contributed by atoms with van der Waals surface area (Å²) < 4.78 is 7.28. The van der Waals surface area contributed by atoms with Crippen LogP contribution in [0.3, 0.4) is 0 Å². The van der Waals surface area contributed by atoms with Crippen molar-refractivity contribution in [1.29, 1.82) is 0 Å². The lowest BCUT2D eigenvalue weighted by molar-refractivity contribution is 0.174. The fourth-order valence-corrected chi connectivity index (χ4v) is 2.01. The van der Waals surface area contributed by atoms with Crippen LogP contribution < -0.4 is 5.32 Å². The zero-order valence-electron chi connectivity index (χ0n) is 10.2. The second-order valence-corrected chi connectivity index (χ2v) is 4.63. The maximum atomic E-state index is 5.15. The first kappa shape index (κ1) is 11.5. The van der Waals surface area contributed by atoms with Gasteiger partial charge in [0.25, 0.3) is 0 Å². The minimum Gasteiger partial charge on any atom is -0.385 e. The van der Waals surface area contributed by atoms with Crippen molar-refractivity contribution in [3.63, 3.8) is 0 Å². The standard InChI is InChI=1S/C12H21N3O/c1-3-15-8-7-13-11(15)14-10-12(4-5-12)6-9-16-2/h7-8H,3-6,9-10H2,1-2H3,(H,13,14). The molecule has 0 spiro atoms. The van der Waals surface area contributed by atoms with E-state index < -0.39 is 0 Å². The normalized spacial score (nSPS) is 17.4. The van der Waals surface area contributed by atoms with Gasteiger partial charge in [0, 0.05) is 39.2 Å². The SMILES string of the molecule is CCn1ccnc1NCC1(CCOC)CC1. The Hall–Kier alpha value is -1.03. The van der Waals surface area contributed by atoms with Crippen molar-refractivity contribution < 1.29 is 4.74 Å². The summed E-state index contributed by atoms with van der Waals surface area (Å²) in [6.45, 7) is 4.98. The summed E-state index contributed by atoms with van der Waals surface area (Å²) >= 11 is 0. The summed E-state index contributed by atoms with van der Waals surface area (Å²) in [6.07, 6.45) is 7.65. The first-order valence-electron chi connectivity index (χ1n) is 6.03. The zero-order valence-corrected chi connectivity index (χ0v) is 10.2. The lowest BCUT2D eigenvalue weighted by Gasteiger charge is -2.16. The first-order valence-corrected chi connectivity index (χ1v) is 6.03. The molecule has 0 amide bonds. The van der Waals surface area contributed by atoms with Crippen LogP contribution in [0.4, 0.5) is 5.95 Å². The lowest BCUT2D eigenvalue weighted by atomic mass is 10.0. The van der Waals surface area contributed by atoms with E-state index in [0.717, 1.165) is 32.1 Å². The van der Waals surface area contributed by atoms with Gasteiger partial charge < -0.3 is 14.6 Å². The van der Waals surface area contributed by atoms with Gasteiger partial charge >= 0.3 is 0 Å². The number of hydrogen-bond acceptors (Lipinski definition) is 3. The fraction of sp³-hybridized carbons (Fsp3) is 0.750. The van der Waals surface area contributed by atoms with Crippen molar-refractivity contribution >= 4 is 5.95 Å². The number of nitrogens with zero attached hydrogens (tertiary/aromatic N) is 2. The third kappa shape index (κ3) is 2.55. The van der Waals surface area contributed by atoms with Gasteiger partial charge in [-0.3, -0.25) is 0 Å². The molecule has 16 heavy (non-hydrogen) atoms. The summed E-state index contributed by atoms with van der Waals surface area (Å²) in [6, 6.07) is 0. The molecule has 0 radical (unpaired) electrons. The van der Waals surface area contributed by atoms with Gasteiger partial charge in [-0.05, 0) is 31.6 Å². The summed E-state index contributed by atoms with van der Waals surface area (Å²) in [4.78, 5) is 4.32. The number of imidazole rings is 1. The molecule has 1 aliphatic rings. The Balaban J connectivity index is 1.83. The Labute approximate surface area is 97.0 Å². The molecule has 0 atom stereocenters. The summed E-state index contributed by atoms with van der Waals surface area (Å²) in [5, 5.41) is 3.45. The van der Waals surface area contributed by atoms with E-state index in [-0.39, 0.29) is 0 Å². The van der Waals surface area contributed by atoms with Crippen LogP contribution in [0.2, 0.25) is 0 Å². The minimum atomic E-state index is 0.473. The Morgan fingerprint density at radius 1 is 1.56 bits per heavy atom. The topological polar surface area (TPSA) is 39.1 Å². The molecule has 4 nitrogen and oxygen atoms in total. The number of nitrogens with one attached hydrogen (secondary N) is 1. The molecule has 0 unspecified atom stereocenters. The van der Waals surface area contributed by atoms with Crippen LogP contribution in [0.1, 0.15) is 26.2 Å². The fourth-order valence-electron chi connectivity index (χ4n) is 2.01. The van der Waals surface area contributed by atoms with Crippen LogP contribution >= 0.6 is 0 Å². The van der Waals surface area contributed by atoms with Crippen LogP contribution in [-0.4, -0.2) is 29.8 Å². The predicted molar refractivity (Wildman–Crippen MR) is 64.6 cm³/mol. The molecule has 90 valence electrons. The van der Waals surface area contributed by atoms with Gasteiger partial charge in [0.1, 0.15) is 0 Å². The Kier molecular flexibility index (Phi) is 3.49. The number of aromatic nitrogens is 2. The molecule has 1 N–H and O–H groups in total. The van der Waals surface area contributed by atoms with Gasteiger partial charge in [0.05, 0.1) is 0 Å². The summed E-state index contributed by atoms with van der Waals surface area (Å²) in [5.74, 6) is 0.992. The third-order valence-electron chi connectivity index (χ3n) is 3.47. The third-order valence-corrected chi connectivity index (χ3v) is 3.47. The molecular weight excluding hydrogens is 202 g/mol. The molecule has 2 rings (SSSR count). The predicted octanol–water partition coefficient (Wildman–Crippen LogP) is 2.13. The zero-order chi connectivity index (χ0) is 11.4. The molecule has 4 heteroatoms. The van der Waals surface area contributed by atoms with E-state index in [9.17, 15) is 0 Å². The number of methoxy groups -OCH3 is 1. The van der Waals surface area contributed by atoms with Crippen LogP contribution in [0.15, 0.2) is 12.4 Å². The highest BCUT2D eigenvalue weighted by atomic mass is 16.5. The largest absolute Gasteiger partial charge is 0.385 e. The highest BCUT2D eigenvalue weighted by molar-refractivity contribution is 5.27. The van der Waals surface area contributed by atoms with Crippen LogP contribution in [0, 0.1) is 5.41 Å². The molecule has 1 aromatic heterocycles. The van der Waals surface area contributed by atoms with Crippen molar-refractivity contribution in [1.82, 2.24) is 9.55 Å². The van der Waals surface area contributed by atoms with E-state index in [4.69, 9.17) is 4.74 Å². The molecule has 0 aromatic carbocycles. The molecule has 1 heterocycles. The average Bonchev–Trinajstić information content (AvgIpc) is 2.93. The van der Waals surface area contributed by atoms with Crippen molar-refractivity contribution in [2.75, 3.05) is 25.6 Å². The van der Waals surface area contributed by atoms with Crippen LogP contribution in [-0.2, 0) is 11.3 Å². The van der Waals surface area contributed by atoms with Crippen molar-refractivity contribution in [3.05, 3.63) is 12.4 Å². The van der Waals surface area contributed by atoms with E-state index in [1.54, 1.807) is 7.11 Å². The van der Waals surface area contributed by atoms with E-state index >= 15 is 0 Å². The van der Waals surface area contributed by atoms with Crippen molar-refractivity contribution in [3.8, 4) is 0 Å². The molecule has 1 aliphatic carbocycles. The Morgan fingerprint density at radius 3 is 3.00 bits per heavy atom. The van der Waals surface area contributed by atoms with Crippen LogP contribution in [0.25, 0.3) is 0 Å². The second-order valence-electron chi connectivity index (χ2n) is 4.63. The highest BCUT2D eigenvalue weighted by Gasteiger charge is 2.41. The second kappa shape index (κ2) is 4.87. The Morgan fingerprint density at radius 2 is 2.38 bits per heavy atom. The molecule has 1 saturated carbocycles. The van der Waals surface area contributed by atoms with E-state index in [1.807, 2.05) is 12.4 Å².